The molecule has 0 aromatic carbocycles. The predicted molar refractivity (Wildman–Crippen MR) is 111 cm³/mol. The summed E-state index contributed by atoms with van der Waals surface area (Å²) in [6.45, 7) is 10.8. The first kappa shape index (κ1) is 21.2. The number of hydrogen-bond donors (Lipinski definition) is 2. The Morgan fingerprint density at radius 2 is 1.97 bits per heavy atom. The summed E-state index contributed by atoms with van der Waals surface area (Å²) in [5.41, 5.74) is 0.257. The highest BCUT2D eigenvalue weighted by Crippen LogP contribution is 2.40. The van der Waals surface area contributed by atoms with Gasteiger partial charge in [0.1, 0.15) is 5.76 Å². The van der Waals surface area contributed by atoms with Gasteiger partial charge in [0.05, 0.1) is 0 Å². The molecule has 2 aliphatic heterocycles. The lowest BCUT2D eigenvalue weighted by molar-refractivity contribution is 0.0244. The smallest absolute Gasteiger partial charge is 0.407 e. The van der Waals surface area contributed by atoms with Crippen molar-refractivity contribution in [2.45, 2.75) is 77.4 Å². The van der Waals surface area contributed by atoms with Gasteiger partial charge in [-0.3, -0.25) is 9.69 Å². The number of carbonyl (C=O) groups is 2. The molecule has 166 valence electrons. The molecule has 0 spiro atoms. The number of carbonyl (C=O) groups excluding carboxylic acids is 1. The summed E-state index contributed by atoms with van der Waals surface area (Å²) in [5.74, 6) is 1.42. The molecule has 1 saturated carbocycles. The van der Waals surface area contributed by atoms with Crippen LogP contribution in [-0.2, 0) is 0 Å². The van der Waals surface area contributed by atoms with Gasteiger partial charge in [-0.1, -0.05) is 32.9 Å². The number of likely N-dealkylation sites (tertiary alicyclic amines) is 2. The summed E-state index contributed by atoms with van der Waals surface area (Å²) in [4.78, 5) is 28.4. The Kier molecular flexibility index (Phi) is 5.55. The summed E-state index contributed by atoms with van der Waals surface area (Å²) < 4.78 is 5.32. The van der Waals surface area contributed by atoms with Crippen molar-refractivity contribution in [2.24, 2.45) is 11.3 Å². The summed E-state index contributed by atoms with van der Waals surface area (Å²) >= 11 is 0. The number of hydrogen-bond acceptors (Lipinski definition) is 5. The van der Waals surface area contributed by atoms with Crippen molar-refractivity contribution in [3.8, 4) is 0 Å². The van der Waals surface area contributed by atoms with Gasteiger partial charge in [0.15, 0.2) is 5.69 Å². The predicted octanol–water partition coefficient (Wildman–Crippen LogP) is 3.16. The maximum Gasteiger partial charge on any atom is 0.407 e. The Balaban J connectivity index is 1.37. The Morgan fingerprint density at radius 3 is 2.60 bits per heavy atom. The van der Waals surface area contributed by atoms with Crippen LogP contribution in [0, 0.1) is 11.3 Å². The Labute approximate surface area is 177 Å². The normalized spacial score (nSPS) is 30.5. The Hall–Kier alpha value is -2.09. The highest BCUT2D eigenvalue weighted by atomic mass is 16.5. The van der Waals surface area contributed by atoms with Crippen molar-refractivity contribution < 1.29 is 19.2 Å². The topological polar surface area (TPSA) is 98.9 Å². The van der Waals surface area contributed by atoms with E-state index in [9.17, 15) is 14.7 Å². The van der Waals surface area contributed by atoms with E-state index in [1.807, 2.05) is 0 Å². The summed E-state index contributed by atoms with van der Waals surface area (Å²) in [5, 5.41) is 16.7. The SMILES string of the molecule is C[C@@H]1CN([C@H]2CCN(C(=O)O)[C@H](C(C)(C)C)C2)C[C@H]1NC(=O)c1cc(C2CC2)on1. The second-order valence-electron chi connectivity index (χ2n) is 10.4. The fourth-order valence-electron chi connectivity index (χ4n) is 5.02. The van der Waals surface area contributed by atoms with Gasteiger partial charge in [0.25, 0.3) is 5.91 Å². The summed E-state index contributed by atoms with van der Waals surface area (Å²) in [7, 11) is 0. The average molecular weight is 419 g/mol. The lowest BCUT2D eigenvalue weighted by Gasteiger charge is -2.46. The molecule has 3 aliphatic rings. The maximum atomic E-state index is 12.7. The van der Waals surface area contributed by atoms with Gasteiger partial charge >= 0.3 is 6.09 Å². The molecule has 0 unspecified atom stereocenters. The van der Waals surface area contributed by atoms with E-state index in [1.165, 1.54) is 0 Å². The van der Waals surface area contributed by atoms with Gasteiger partial charge in [0, 0.05) is 49.7 Å². The van der Waals surface area contributed by atoms with E-state index in [-0.39, 0.29) is 23.4 Å². The fraction of sp³-hybridized carbons (Fsp3) is 0.773. The number of nitrogens with one attached hydrogen (secondary N) is 1. The molecule has 1 aromatic heterocycles. The monoisotopic (exact) mass is 418 g/mol. The van der Waals surface area contributed by atoms with Crippen LogP contribution in [0.25, 0.3) is 0 Å². The van der Waals surface area contributed by atoms with Gasteiger partial charge < -0.3 is 19.8 Å². The number of carboxylic acid groups (broad SMARTS) is 1. The molecule has 8 heteroatoms. The van der Waals surface area contributed by atoms with Crippen LogP contribution in [-0.4, -0.2) is 69.8 Å². The third kappa shape index (κ3) is 4.33. The quantitative estimate of drug-likeness (QED) is 0.779. The van der Waals surface area contributed by atoms with Crippen molar-refractivity contribution >= 4 is 12.0 Å². The van der Waals surface area contributed by atoms with E-state index in [1.54, 1.807) is 11.0 Å². The molecule has 4 atom stereocenters. The highest BCUT2D eigenvalue weighted by molar-refractivity contribution is 5.92. The zero-order chi connectivity index (χ0) is 21.6. The molecule has 1 aliphatic carbocycles. The van der Waals surface area contributed by atoms with Crippen LogP contribution in [0.3, 0.4) is 0 Å². The zero-order valence-corrected chi connectivity index (χ0v) is 18.4. The minimum absolute atomic E-state index is 0.00586. The fourth-order valence-corrected chi connectivity index (χ4v) is 5.02. The second kappa shape index (κ2) is 7.87. The molecular formula is C22H34N4O4. The number of aromatic nitrogens is 1. The van der Waals surface area contributed by atoms with E-state index in [0.29, 0.717) is 30.1 Å². The van der Waals surface area contributed by atoms with Crippen LogP contribution in [0.1, 0.15) is 75.5 Å². The third-order valence-corrected chi connectivity index (χ3v) is 7.03. The molecular weight excluding hydrogens is 384 g/mol. The molecule has 4 rings (SSSR count). The van der Waals surface area contributed by atoms with Gasteiger partial charge in [-0.25, -0.2) is 4.79 Å². The van der Waals surface area contributed by atoms with Crippen LogP contribution in [0.2, 0.25) is 0 Å². The molecule has 3 fully saturated rings. The summed E-state index contributed by atoms with van der Waals surface area (Å²) in [6.07, 6.45) is 3.06. The van der Waals surface area contributed by atoms with Crippen molar-refractivity contribution in [2.75, 3.05) is 19.6 Å². The molecule has 2 N–H and O–H groups in total. The first-order chi connectivity index (χ1) is 14.1. The largest absolute Gasteiger partial charge is 0.465 e. The molecule has 0 radical (unpaired) electrons. The van der Waals surface area contributed by atoms with Crippen molar-refractivity contribution in [3.05, 3.63) is 17.5 Å². The van der Waals surface area contributed by atoms with E-state index in [4.69, 9.17) is 4.52 Å². The van der Waals surface area contributed by atoms with Gasteiger partial charge in [-0.05, 0) is 37.0 Å². The van der Waals surface area contributed by atoms with E-state index in [2.05, 4.69) is 43.1 Å². The van der Waals surface area contributed by atoms with Crippen LogP contribution in [0.5, 0.6) is 0 Å². The third-order valence-electron chi connectivity index (χ3n) is 7.03. The standard InChI is InChI=1S/C22H34N4O4/c1-13-11-25(15-7-8-26(21(28)29)19(9-15)22(2,3)4)12-17(13)23-20(27)16-10-18(30-24-16)14-5-6-14/h10,13-15,17,19H,5-9,11-12H2,1-4H3,(H,23,27)(H,28,29)/t13-,15+,17-,19+/m1/s1. The van der Waals surface area contributed by atoms with Crippen molar-refractivity contribution in [3.63, 3.8) is 0 Å². The molecule has 30 heavy (non-hydrogen) atoms. The second-order valence-corrected chi connectivity index (χ2v) is 10.4. The maximum absolute atomic E-state index is 12.7. The number of amides is 2. The zero-order valence-electron chi connectivity index (χ0n) is 18.4. The van der Waals surface area contributed by atoms with E-state index in [0.717, 1.165) is 44.5 Å². The first-order valence-corrected chi connectivity index (χ1v) is 11.1. The van der Waals surface area contributed by atoms with E-state index >= 15 is 0 Å². The molecule has 2 amide bonds. The Bertz CT molecular complexity index is 797. The molecule has 2 saturated heterocycles. The van der Waals surface area contributed by atoms with Gasteiger partial charge in [-0.15, -0.1) is 0 Å². The van der Waals surface area contributed by atoms with Crippen molar-refractivity contribution in [1.29, 1.82) is 0 Å². The van der Waals surface area contributed by atoms with Crippen LogP contribution >= 0.6 is 0 Å². The number of nitrogens with zero attached hydrogens (tertiary/aromatic N) is 3. The lowest BCUT2D eigenvalue weighted by atomic mass is 9.79. The van der Waals surface area contributed by atoms with E-state index < -0.39 is 6.09 Å². The van der Waals surface area contributed by atoms with Gasteiger partial charge in [-0.2, -0.15) is 0 Å². The Morgan fingerprint density at radius 1 is 1.23 bits per heavy atom. The number of piperidine rings is 1. The summed E-state index contributed by atoms with van der Waals surface area (Å²) in [6, 6.07) is 2.17. The minimum atomic E-state index is -0.827. The average Bonchev–Trinajstić information content (AvgIpc) is 3.29. The van der Waals surface area contributed by atoms with Crippen LogP contribution in [0.4, 0.5) is 4.79 Å². The molecule has 0 bridgehead atoms. The van der Waals surface area contributed by atoms with Crippen LogP contribution < -0.4 is 5.32 Å². The van der Waals surface area contributed by atoms with Crippen molar-refractivity contribution in [1.82, 2.24) is 20.3 Å². The number of rotatable bonds is 4. The minimum Gasteiger partial charge on any atom is -0.465 e. The highest BCUT2D eigenvalue weighted by Gasteiger charge is 2.43. The first-order valence-electron chi connectivity index (χ1n) is 11.1. The molecule has 8 nitrogen and oxygen atoms in total. The lowest BCUT2D eigenvalue weighted by Crippen LogP contribution is -2.56. The molecule has 1 aromatic rings. The van der Waals surface area contributed by atoms with Gasteiger partial charge in [0.2, 0.25) is 0 Å². The van der Waals surface area contributed by atoms with Crippen LogP contribution in [0.15, 0.2) is 10.6 Å². The molecule has 3 heterocycles.